The molecule has 1 aromatic carbocycles. The molecule has 4 nitrogen and oxygen atoms in total. The van der Waals surface area contributed by atoms with Crippen molar-refractivity contribution < 1.29 is 14.2 Å². The molecular weight excluding hydrogens is 254 g/mol. The molecule has 0 saturated carbocycles. The molecule has 2 aliphatic rings. The van der Waals surface area contributed by atoms with Crippen LogP contribution >= 0.6 is 0 Å². The second-order valence-corrected chi connectivity index (χ2v) is 5.75. The van der Waals surface area contributed by atoms with Gasteiger partial charge in [-0.25, -0.2) is 0 Å². The molecule has 0 unspecified atom stereocenters. The molecule has 3 rings (SSSR count). The monoisotopic (exact) mass is 277 g/mol. The minimum absolute atomic E-state index is 0.288. The van der Waals surface area contributed by atoms with E-state index in [0.717, 1.165) is 18.7 Å². The minimum atomic E-state index is -0.403. The molecule has 0 N–H and O–H groups in total. The molecule has 0 amide bonds. The second kappa shape index (κ2) is 5.35. The lowest BCUT2D eigenvalue weighted by molar-refractivity contribution is -0.229. The zero-order valence-electron chi connectivity index (χ0n) is 12.5. The van der Waals surface area contributed by atoms with Crippen molar-refractivity contribution in [1.82, 2.24) is 4.90 Å². The summed E-state index contributed by atoms with van der Waals surface area (Å²) in [6, 6.07) is 8.60. The van der Waals surface area contributed by atoms with E-state index in [1.54, 1.807) is 7.11 Å². The zero-order valence-corrected chi connectivity index (χ0v) is 12.5. The van der Waals surface area contributed by atoms with Gasteiger partial charge in [0.15, 0.2) is 5.79 Å². The third-order valence-corrected chi connectivity index (χ3v) is 4.67. The lowest BCUT2D eigenvalue weighted by atomic mass is 9.81. The molecule has 2 heterocycles. The fourth-order valence-electron chi connectivity index (χ4n) is 3.57. The Labute approximate surface area is 120 Å². The highest BCUT2D eigenvalue weighted by atomic mass is 16.7. The summed E-state index contributed by atoms with van der Waals surface area (Å²) >= 11 is 0. The molecule has 4 heteroatoms. The summed E-state index contributed by atoms with van der Waals surface area (Å²) < 4.78 is 17.3. The Bertz CT molecular complexity index is 471. The molecule has 1 spiro atoms. The maximum Gasteiger partial charge on any atom is 0.174 e. The molecule has 2 fully saturated rings. The summed E-state index contributed by atoms with van der Waals surface area (Å²) in [7, 11) is 3.88. The summed E-state index contributed by atoms with van der Waals surface area (Å²) in [5.74, 6) is 0.784. The summed E-state index contributed by atoms with van der Waals surface area (Å²) in [6.07, 6.45) is 0.936. The summed E-state index contributed by atoms with van der Waals surface area (Å²) in [5.41, 5.74) is 1.26. The van der Waals surface area contributed by atoms with Gasteiger partial charge in [0.1, 0.15) is 5.75 Å². The van der Waals surface area contributed by atoms with Gasteiger partial charge in [-0.3, -0.25) is 4.90 Å². The van der Waals surface area contributed by atoms with Gasteiger partial charge in [0.25, 0.3) is 0 Å². The molecule has 2 aliphatic heterocycles. The lowest BCUT2D eigenvalue weighted by Crippen LogP contribution is -2.52. The number of piperidine rings is 1. The second-order valence-electron chi connectivity index (χ2n) is 5.75. The van der Waals surface area contributed by atoms with Crippen LogP contribution in [-0.4, -0.2) is 44.6 Å². The van der Waals surface area contributed by atoms with Gasteiger partial charge in [-0.05, 0) is 24.7 Å². The highest BCUT2D eigenvalue weighted by Crippen LogP contribution is 2.45. The number of methoxy groups -OCH3 is 1. The van der Waals surface area contributed by atoms with Crippen LogP contribution in [-0.2, 0) is 9.47 Å². The Morgan fingerprint density at radius 3 is 2.75 bits per heavy atom. The Balaban J connectivity index is 1.92. The predicted molar refractivity (Wildman–Crippen MR) is 76.8 cm³/mol. The summed E-state index contributed by atoms with van der Waals surface area (Å²) in [6.45, 7) is 4.62. The third kappa shape index (κ3) is 2.22. The molecule has 110 valence electrons. The minimum Gasteiger partial charge on any atom is -0.497 e. The van der Waals surface area contributed by atoms with Crippen LogP contribution in [0.1, 0.15) is 24.9 Å². The predicted octanol–water partition coefficient (Wildman–Crippen LogP) is 2.45. The van der Waals surface area contributed by atoms with Gasteiger partial charge in [0.2, 0.25) is 0 Å². The van der Waals surface area contributed by atoms with E-state index in [1.165, 1.54) is 5.56 Å². The van der Waals surface area contributed by atoms with Crippen LogP contribution < -0.4 is 4.74 Å². The van der Waals surface area contributed by atoms with Crippen molar-refractivity contribution in [2.75, 3.05) is 33.9 Å². The number of nitrogens with zero attached hydrogens (tertiary/aromatic N) is 1. The first-order valence-electron chi connectivity index (χ1n) is 7.28. The molecule has 2 saturated heterocycles. The SMILES string of the molecule is COc1cccc([C@@H]2[C@@H](C)C3(CCN2C)OCCO3)c1. The van der Waals surface area contributed by atoms with Crippen LogP contribution in [0.5, 0.6) is 5.75 Å². The molecule has 20 heavy (non-hydrogen) atoms. The number of hydrogen-bond donors (Lipinski definition) is 0. The van der Waals surface area contributed by atoms with Crippen molar-refractivity contribution in [3.05, 3.63) is 29.8 Å². The van der Waals surface area contributed by atoms with Crippen molar-refractivity contribution in [3.63, 3.8) is 0 Å². The molecule has 0 bridgehead atoms. The van der Waals surface area contributed by atoms with Crippen LogP contribution in [0, 0.1) is 5.92 Å². The summed E-state index contributed by atoms with van der Waals surface area (Å²) in [4.78, 5) is 2.38. The largest absolute Gasteiger partial charge is 0.497 e. The van der Waals surface area contributed by atoms with Crippen molar-refractivity contribution >= 4 is 0 Å². The van der Waals surface area contributed by atoms with Gasteiger partial charge < -0.3 is 14.2 Å². The normalized spacial score (nSPS) is 29.8. The third-order valence-electron chi connectivity index (χ3n) is 4.67. The number of likely N-dealkylation sites (tertiary alicyclic amines) is 1. The Morgan fingerprint density at radius 2 is 2.05 bits per heavy atom. The number of ether oxygens (including phenoxy) is 3. The molecule has 1 aromatic rings. The average molecular weight is 277 g/mol. The molecule has 0 aliphatic carbocycles. The topological polar surface area (TPSA) is 30.9 Å². The highest BCUT2D eigenvalue weighted by Gasteiger charge is 2.49. The highest BCUT2D eigenvalue weighted by molar-refractivity contribution is 5.31. The van der Waals surface area contributed by atoms with E-state index in [9.17, 15) is 0 Å². The fraction of sp³-hybridized carbons (Fsp3) is 0.625. The van der Waals surface area contributed by atoms with Gasteiger partial charge in [0, 0.05) is 24.9 Å². The number of benzene rings is 1. The first-order chi connectivity index (χ1) is 9.66. The van der Waals surface area contributed by atoms with Crippen molar-refractivity contribution in [3.8, 4) is 5.75 Å². The van der Waals surface area contributed by atoms with Crippen molar-refractivity contribution in [2.45, 2.75) is 25.2 Å². The molecular formula is C16H23NO3. The van der Waals surface area contributed by atoms with Crippen LogP contribution in [0.3, 0.4) is 0 Å². The Morgan fingerprint density at radius 1 is 1.30 bits per heavy atom. The van der Waals surface area contributed by atoms with Gasteiger partial charge >= 0.3 is 0 Å². The Hall–Kier alpha value is -1.10. The first kappa shape index (κ1) is 13.9. The van der Waals surface area contributed by atoms with E-state index in [2.05, 4.69) is 31.0 Å². The van der Waals surface area contributed by atoms with Crippen molar-refractivity contribution in [2.24, 2.45) is 5.92 Å². The van der Waals surface area contributed by atoms with Gasteiger partial charge in [0.05, 0.1) is 20.3 Å². The van der Waals surface area contributed by atoms with Gasteiger partial charge in [-0.1, -0.05) is 19.1 Å². The van der Waals surface area contributed by atoms with Crippen LogP contribution in [0.2, 0.25) is 0 Å². The molecule has 0 radical (unpaired) electrons. The smallest absolute Gasteiger partial charge is 0.174 e. The lowest BCUT2D eigenvalue weighted by Gasteiger charge is -2.47. The number of hydrogen-bond acceptors (Lipinski definition) is 4. The fourth-order valence-corrected chi connectivity index (χ4v) is 3.57. The van der Waals surface area contributed by atoms with Crippen LogP contribution in [0.4, 0.5) is 0 Å². The van der Waals surface area contributed by atoms with E-state index in [1.807, 2.05) is 12.1 Å². The van der Waals surface area contributed by atoms with Crippen LogP contribution in [0.25, 0.3) is 0 Å². The summed E-state index contributed by atoms with van der Waals surface area (Å²) in [5, 5.41) is 0. The maximum absolute atomic E-state index is 5.97. The quantitative estimate of drug-likeness (QED) is 0.831. The van der Waals surface area contributed by atoms with E-state index in [0.29, 0.717) is 13.2 Å². The van der Waals surface area contributed by atoms with E-state index >= 15 is 0 Å². The first-order valence-corrected chi connectivity index (χ1v) is 7.28. The average Bonchev–Trinajstić information content (AvgIpc) is 2.94. The standard InChI is InChI=1S/C16H23NO3/c1-12-15(13-5-4-6-14(11-13)18-3)17(2)8-7-16(12)19-9-10-20-16/h4-6,11-12,15H,7-10H2,1-3H3/t12-,15+/m1/s1. The van der Waals surface area contributed by atoms with E-state index < -0.39 is 5.79 Å². The molecule has 2 atom stereocenters. The number of rotatable bonds is 2. The molecule has 0 aromatic heterocycles. The van der Waals surface area contributed by atoms with Crippen molar-refractivity contribution in [1.29, 1.82) is 0 Å². The van der Waals surface area contributed by atoms with Crippen LogP contribution in [0.15, 0.2) is 24.3 Å². The van der Waals surface area contributed by atoms with E-state index in [-0.39, 0.29) is 12.0 Å². The van der Waals surface area contributed by atoms with Gasteiger partial charge in [-0.2, -0.15) is 0 Å². The Kier molecular flexibility index (Phi) is 3.71. The zero-order chi connectivity index (χ0) is 14.2. The van der Waals surface area contributed by atoms with E-state index in [4.69, 9.17) is 14.2 Å². The maximum atomic E-state index is 5.97. The van der Waals surface area contributed by atoms with Gasteiger partial charge in [-0.15, -0.1) is 0 Å².